The van der Waals surface area contributed by atoms with Gasteiger partial charge < -0.3 is 4.90 Å². The summed E-state index contributed by atoms with van der Waals surface area (Å²) in [4.78, 5) is 14.4. The predicted octanol–water partition coefficient (Wildman–Crippen LogP) is 2.96. The molecule has 96 valence electrons. The zero-order chi connectivity index (χ0) is 12.9. The molecule has 1 amide bonds. The average molecular weight is 236 g/mol. The van der Waals surface area contributed by atoms with Crippen LogP contribution in [0.15, 0.2) is 0 Å². The van der Waals surface area contributed by atoms with Gasteiger partial charge in [-0.05, 0) is 25.7 Å². The number of hydrogen-bond donors (Lipinski definition) is 0. The van der Waals surface area contributed by atoms with Crippen molar-refractivity contribution in [2.45, 2.75) is 52.9 Å². The monoisotopic (exact) mass is 236 g/mol. The normalized spacial score (nSPS) is 19.6. The first-order chi connectivity index (χ1) is 8.09. The lowest BCUT2D eigenvalue weighted by Crippen LogP contribution is -2.43. The molecule has 1 unspecified atom stereocenters. The van der Waals surface area contributed by atoms with Gasteiger partial charge in [0.2, 0.25) is 5.91 Å². The van der Waals surface area contributed by atoms with Crippen LogP contribution >= 0.6 is 0 Å². The van der Waals surface area contributed by atoms with E-state index in [0.717, 1.165) is 38.6 Å². The van der Waals surface area contributed by atoms with E-state index >= 15 is 0 Å². The summed E-state index contributed by atoms with van der Waals surface area (Å²) in [7, 11) is 0. The number of nitrogens with zero attached hydrogens (tertiary/aromatic N) is 2. The second kappa shape index (κ2) is 6.05. The van der Waals surface area contributed by atoms with Gasteiger partial charge >= 0.3 is 0 Å². The summed E-state index contributed by atoms with van der Waals surface area (Å²) < 4.78 is 0. The van der Waals surface area contributed by atoms with Crippen LogP contribution in [0.4, 0.5) is 0 Å². The molecule has 0 radical (unpaired) electrons. The van der Waals surface area contributed by atoms with Crippen molar-refractivity contribution in [1.82, 2.24) is 4.90 Å². The summed E-state index contributed by atoms with van der Waals surface area (Å²) in [5.74, 6) is 0.580. The zero-order valence-corrected chi connectivity index (χ0v) is 11.3. The lowest BCUT2D eigenvalue weighted by atomic mass is 9.86. The third-order valence-electron chi connectivity index (χ3n) is 3.98. The van der Waals surface area contributed by atoms with Gasteiger partial charge in [-0.2, -0.15) is 5.26 Å². The van der Waals surface area contributed by atoms with E-state index in [2.05, 4.69) is 19.9 Å². The third kappa shape index (κ3) is 3.00. The van der Waals surface area contributed by atoms with Gasteiger partial charge in [0.05, 0.1) is 6.07 Å². The van der Waals surface area contributed by atoms with E-state index in [0.29, 0.717) is 12.5 Å². The molecule has 17 heavy (non-hydrogen) atoms. The molecule has 0 N–H and O–H groups in total. The van der Waals surface area contributed by atoms with Crippen molar-refractivity contribution in [3.63, 3.8) is 0 Å². The number of amides is 1. The molecule has 0 aromatic rings. The molecule has 0 bridgehead atoms. The van der Waals surface area contributed by atoms with Crippen LogP contribution in [0.25, 0.3) is 0 Å². The van der Waals surface area contributed by atoms with Crippen LogP contribution in [0.3, 0.4) is 0 Å². The molecule has 0 saturated heterocycles. The van der Waals surface area contributed by atoms with Crippen molar-refractivity contribution in [2.24, 2.45) is 11.3 Å². The lowest BCUT2D eigenvalue weighted by molar-refractivity contribution is -0.139. The highest BCUT2D eigenvalue weighted by Crippen LogP contribution is 2.39. The molecule has 1 aliphatic carbocycles. The van der Waals surface area contributed by atoms with Gasteiger partial charge in [-0.15, -0.1) is 0 Å². The minimum absolute atomic E-state index is 0.0697. The molecular formula is C14H24N2O. The van der Waals surface area contributed by atoms with Crippen molar-refractivity contribution in [2.75, 3.05) is 13.1 Å². The number of nitriles is 1. The maximum atomic E-state index is 12.5. The first kappa shape index (κ1) is 14.0. The van der Waals surface area contributed by atoms with Crippen LogP contribution in [-0.4, -0.2) is 23.9 Å². The molecule has 3 nitrogen and oxygen atoms in total. The van der Waals surface area contributed by atoms with Crippen LogP contribution in [-0.2, 0) is 4.79 Å². The van der Waals surface area contributed by atoms with Crippen LogP contribution in [0.1, 0.15) is 52.9 Å². The van der Waals surface area contributed by atoms with E-state index in [1.165, 1.54) is 0 Å². The van der Waals surface area contributed by atoms with Gasteiger partial charge in [0, 0.05) is 13.1 Å². The quantitative estimate of drug-likeness (QED) is 0.736. The summed E-state index contributed by atoms with van der Waals surface area (Å²) >= 11 is 0. The Bertz CT molecular complexity index is 300. The number of carbonyl (C=O) groups excluding carboxylic acids is 1. The van der Waals surface area contributed by atoms with Gasteiger partial charge in [0.25, 0.3) is 0 Å². The molecule has 1 fully saturated rings. The van der Waals surface area contributed by atoms with Crippen LogP contribution in [0.2, 0.25) is 0 Å². The van der Waals surface area contributed by atoms with Gasteiger partial charge in [-0.1, -0.05) is 33.1 Å². The van der Waals surface area contributed by atoms with E-state index < -0.39 is 5.41 Å². The van der Waals surface area contributed by atoms with Crippen molar-refractivity contribution in [3.05, 3.63) is 0 Å². The van der Waals surface area contributed by atoms with E-state index in [1.54, 1.807) is 0 Å². The van der Waals surface area contributed by atoms with Gasteiger partial charge in [-0.25, -0.2) is 0 Å². The summed E-state index contributed by atoms with van der Waals surface area (Å²) in [6.45, 7) is 7.80. The fraction of sp³-hybridized carbons (Fsp3) is 0.857. The highest BCUT2D eigenvalue weighted by Gasteiger charge is 2.43. The lowest BCUT2D eigenvalue weighted by Gasteiger charge is -2.30. The Kier molecular flexibility index (Phi) is 4.99. The Morgan fingerprint density at radius 2 is 2.00 bits per heavy atom. The fourth-order valence-corrected chi connectivity index (χ4v) is 2.52. The minimum Gasteiger partial charge on any atom is -0.341 e. The smallest absolute Gasteiger partial charge is 0.243 e. The van der Waals surface area contributed by atoms with Crippen LogP contribution in [0, 0.1) is 22.7 Å². The second-order valence-electron chi connectivity index (χ2n) is 5.26. The largest absolute Gasteiger partial charge is 0.341 e. The van der Waals surface area contributed by atoms with E-state index in [1.807, 2.05) is 11.8 Å². The van der Waals surface area contributed by atoms with E-state index in [9.17, 15) is 10.1 Å². The predicted molar refractivity (Wildman–Crippen MR) is 68.2 cm³/mol. The molecule has 3 heteroatoms. The van der Waals surface area contributed by atoms with E-state index in [-0.39, 0.29) is 5.91 Å². The Hall–Kier alpha value is -1.04. The Balaban J connectivity index is 2.75. The van der Waals surface area contributed by atoms with Gasteiger partial charge in [0.15, 0.2) is 0 Å². The first-order valence-corrected chi connectivity index (χ1v) is 6.80. The highest BCUT2D eigenvalue weighted by molar-refractivity contribution is 5.85. The topological polar surface area (TPSA) is 44.1 Å². The summed E-state index contributed by atoms with van der Waals surface area (Å²) in [6, 6.07) is 2.29. The summed E-state index contributed by atoms with van der Waals surface area (Å²) in [5.41, 5.74) is -0.705. The van der Waals surface area contributed by atoms with Gasteiger partial charge in [0.1, 0.15) is 5.41 Å². The number of rotatable bonds is 5. The SMILES string of the molecule is CCC(C)CN(CC)C(=O)C1(C#N)CCCC1. The third-order valence-corrected chi connectivity index (χ3v) is 3.98. The fourth-order valence-electron chi connectivity index (χ4n) is 2.52. The van der Waals surface area contributed by atoms with E-state index in [4.69, 9.17) is 0 Å². The Morgan fingerprint density at radius 1 is 1.41 bits per heavy atom. The maximum Gasteiger partial charge on any atom is 0.243 e. The van der Waals surface area contributed by atoms with Crippen molar-refractivity contribution < 1.29 is 4.79 Å². The standard InChI is InChI=1S/C14H24N2O/c1-4-12(3)10-16(5-2)13(17)14(11-15)8-6-7-9-14/h12H,4-10H2,1-3H3. The Labute approximate surface area is 105 Å². The molecule has 1 rings (SSSR count). The number of carbonyl (C=O) groups is 1. The highest BCUT2D eigenvalue weighted by atomic mass is 16.2. The Morgan fingerprint density at radius 3 is 2.41 bits per heavy atom. The second-order valence-corrected chi connectivity index (χ2v) is 5.26. The first-order valence-electron chi connectivity index (χ1n) is 6.80. The van der Waals surface area contributed by atoms with Gasteiger partial charge in [-0.3, -0.25) is 4.79 Å². The molecule has 1 aliphatic rings. The average Bonchev–Trinajstić information content (AvgIpc) is 2.84. The van der Waals surface area contributed by atoms with Crippen molar-refractivity contribution >= 4 is 5.91 Å². The maximum absolute atomic E-state index is 12.5. The molecular weight excluding hydrogens is 212 g/mol. The van der Waals surface area contributed by atoms with Crippen molar-refractivity contribution in [1.29, 1.82) is 5.26 Å². The summed E-state index contributed by atoms with van der Waals surface area (Å²) in [6.07, 6.45) is 4.60. The molecule has 0 aromatic carbocycles. The molecule has 1 saturated carbocycles. The molecule has 0 aliphatic heterocycles. The summed E-state index contributed by atoms with van der Waals surface area (Å²) in [5, 5.41) is 9.33. The number of hydrogen-bond acceptors (Lipinski definition) is 2. The van der Waals surface area contributed by atoms with Crippen molar-refractivity contribution in [3.8, 4) is 6.07 Å². The zero-order valence-electron chi connectivity index (χ0n) is 11.3. The molecule has 0 heterocycles. The minimum atomic E-state index is -0.705. The molecule has 0 spiro atoms. The molecule has 1 atom stereocenters. The van der Waals surface area contributed by atoms with Crippen LogP contribution < -0.4 is 0 Å². The van der Waals surface area contributed by atoms with Crippen LogP contribution in [0.5, 0.6) is 0 Å². The molecule has 0 aromatic heterocycles.